The van der Waals surface area contributed by atoms with E-state index in [-0.39, 0.29) is 0 Å². The van der Waals surface area contributed by atoms with Crippen LogP contribution in [0.25, 0.3) is 0 Å². The Morgan fingerprint density at radius 2 is 2.18 bits per heavy atom. The number of hydrogen-bond acceptors (Lipinski definition) is 3. The molecular weight excluding hydrogens is 158 g/mol. The summed E-state index contributed by atoms with van der Waals surface area (Å²) in [5.41, 5.74) is 0. The van der Waals surface area contributed by atoms with Gasteiger partial charge in [0.1, 0.15) is 5.76 Å². The van der Waals surface area contributed by atoms with E-state index in [1.165, 1.54) is 29.9 Å². The lowest BCUT2D eigenvalue weighted by Crippen LogP contribution is -1.96. The van der Waals surface area contributed by atoms with Crippen LogP contribution in [0.1, 0.15) is 23.5 Å². The van der Waals surface area contributed by atoms with Crippen LogP contribution in [0.2, 0.25) is 0 Å². The molecule has 1 aliphatic carbocycles. The van der Waals surface area contributed by atoms with Crippen LogP contribution < -0.4 is 4.87 Å². The van der Waals surface area contributed by atoms with Crippen molar-refractivity contribution >= 4 is 11.3 Å². The third-order valence-corrected chi connectivity index (χ3v) is 3.09. The molecule has 0 radical (unpaired) electrons. The summed E-state index contributed by atoms with van der Waals surface area (Å²) in [6, 6.07) is 0. The SMILES string of the molecule is CN=c1oc2c(s1)CCCC2. The molecule has 1 aliphatic rings. The van der Waals surface area contributed by atoms with Crippen LogP contribution in [0.15, 0.2) is 9.41 Å². The molecule has 3 heteroatoms. The first-order valence-corrected chi connectivity index (χ1v) is 4.76. The number of fused-ring (bicyclic) bond motifs is 1. The van der Waals surface area contributed by atoms with E-state index in [9.17, 15) is 0 Å². The average molecular weight is 169 g/mol. The molecule has 0 saturated heterocycles. The Kier molecular flexibility index (Phi) is 1.82. The zero-order chi connectivity index (χ0) is 7.68. The molecule has 2 nitrogen and oxygen atoms in total. The molecule has 1 aromatic heterocycles. The minimum absolute atomic E-state index is 0.830. The zero-order valence-electron chi connectivity index (χ0n) is 6.59. The fourth-order valence-electron chi connectivity index (χ4n) is 1.39. The lowest BCUT2D eigenvalue weighted by Gasteiger charge is -2.05. The smallest absolute Gasteiger partial charge is 0.273 e. The Hall–Kier alpha value is -0.570. The molecule has 0 spiro atoms. The second-order valence-electron chi connectivity index (χ2n) is 2.75. The van der Waals surface area contributed by atoms with Gasteiger partial charge in [-0.1, -0.05) is 11.3 Å². The standard InChI is InChI=1S/C8H11NOS/c1-9-8-10-6-4-2-3-5-7(6)11-8/h2-5H2,1H3. The molecule has 0 N–H and O–H groups in total. The highest BCUT2D eigenvalue weighted by molar-refractivity contribution is 7.09. The predicted molar refractivity (Wildman–Crippen MR) is 44.7 cm³/mol. The van der Waals surface area contributed by atoms with Gasteiger partial charge in [-0.2, -0.15) is 0 Å². The maximum Gasteiger partial charge on any atom is 0.273 e. The van der Waals surface area contributed by atoms with Crippen molar-refractivity contribution < 1.29 is 4.42 Å². The summed E-state index contributed by atoms with van der Waals surface area (Å²) in [6.45, 7) is 0. The molecule has 0 bridgehead atoms. The minimum atomic E-state index is 0.830. The van der Waals surface area contributed by atoms with E-state index in [0.29, 0.717) is 0 Å². The average Bonchev–Trinajstić information content (AvgIpc) is 2.46. The fourth-order valence-corrected chi connectivity index (χ4v) is 2.34. The summed E-state index contributed by atoms with van der Waals surface area (Å²) >= 11 is 1.70. The third kappa shape index (κ3) is 1.25. The topological polar surface area (TPSA) is 25.5 Å². The predicted octanol–water partition coefficient (Wildman–Crippen LogP) is 1.75. The Bertz CT molecular complexity index is 284. The van der Waals surface area contributed by atoms with E-state index in [1.807, 2.05) is 0 Å². The Labute approximate surface area is 69.6 Å². The van der Waals surface area contributed by atoms with Crippen LogP contribution in [0.4, 0.5) is 0 Å². The highest BCUT2D eigenvalue weighted by Crippen LogP contribution is 2.22. The summed E-state index contributed by atoms with van der Waals surface area (Å²) in [7, 11) is 1.78. The van der Waals surface area contributed by atoms with Crippen LogP contribution in [0, 0.1) is 0 Å². The van der Waals surface area contributed by atoms with Crippen LogP contribution >= 0.6 is 11.3 Å². The monoisotopic (exact) mass is 169 g/mol. The summed E-state index contributed by atoms with van der Waals surface area (Å²) in [5, 5.41) is 0. The van der Waals surface area contributed by atoms with Gasteiger partial charge in [-0.05, 0) is 19.3 Å². The van der Waals surface area contributed by atoms with E-state index >= 15 is 0 Å². The van der Waals surface area contributed by atoms with Crippen molar-refractivity contribution in [3.63, 3.8) is 0 Å². The van der Waals surface area contributed by atoms with Crippen LogP contribution in [0.5, 0.6) is 0 Å². The molecular formula is C8H11NOS. The number of hydrogen-bond donors (Lipinski definition) is 0. The molecule has 0 fully saturated rings. The van der Waals surface area contributed by atoms with Crippen molar-refractivity contribution in [3.8, 4) is 0 Å². The van der Waals surface area contributed by atoms with Gasteiger partial charge in [-0.25, -0.2) is 4.99 Å². The van der Waals surface area contributed by atoms with Gasteiger partial charge >= 0.3 is 0 Å². The summed E-state index contributed by atoms with van der Waals surface area (Å²) in [4.78, 5) is 6.27. The van der Waals surface area contributed by atoms with E-state index in [1.54, 1.807) is 18.4 Å². The second-order valence-corrected chi connectivity index (χ2v) is 3.79. The summed E-state index contributed by atoms with van der Waals surface area (Å²) < 4.78 is 5.51. The van der Waals surface area contributed by atoms with Gasteiger partial charge < -0.3 is 4.42 Å². The van der Waals surface area contributed by atoms with Gasteiger partial charge in [0.2, 0.25) is 0 Å². The molecule has 11 heavy (non-hydrogen) atoms. The van der Waals surface area contributed by atoms with Crippen molar-refractivity contribution in [2.24, 2.45) is 4.99 Å². The van der Waals surface area contributed by atoms with E-state index in [4.69, 9.17) is 4.42 Å². The fraction of sp³-hybridized carbons (Fsp3) is 0.625. The molecule has 0 aromatic carbocycles. The molecule has 1 heterocycles. The molecule has 0 atom stereocenters. The van der Waals surface area contributed by atoms with Gasteiger partial charge in [0.05, 0.1) is 0 Å². The molecule has 0 aliphatic heterocycles. The number of nitrogens with zero attached hydrogens (tertiary/aromatic N) is 1. The quantitative estimate of drug-likeness (QED) is 0.581. The first-order valence-electron chi connectivity index (χ1n) is 3.94. The van der Waals surface area contributed by atoms with Crippen LogP contribution in [0.3, 0.4) is 0 Å². The Balaban J connectivity index is 2.48. The molecule has 0 unspecified atom stereocenters. The zero-order valence-corrected chi connectivity index (χ0v) is 7.41. The maximum atomic E-state index is 5.51. The molecule has 0 amide bonds. The van der Waals surface area contributed by atoms with Crippen molar-refractivity contribution in [1.82, 2.24) is 0 Å². The third-order valence-electron chi connectivity index (χ3n) is 1.97. The second kappa shape index (κ2) is 2.81. The van der Waals surface area contributed by atoms with Gasteiger partial charge in [0.15, 0.2) is 0 Å². The van der Waals surface area contributed by atoms with Crippen molar-refractivity contribution in [2.45, 2.75) is 25.7 Å². The van der Waals surface area contributed by atoms with Crippen molar-refractivity contribution in [2.75, 3.05) is 7.05 Å². The minimum Gasteiger partial charge on any atom is -0.435 e. The first kappa shape index (κ1) is 7.10. The van der Waals surface area contributed by atoms with Gasteiger partial charge in [-0.3, -0.25) is 0 Å². The van der Waals surface area contributed by atoms with E-state index in [0.717, 1.165) is 11.3 Å². The first-order chi connectivity index (χ1) is 5.40. The highest BCUT2D eigenvalue weighted by atomic mass is 32.1. The number of rotatable bonds is 0. The molecule has 2 rings (SSSR count). The van der Waals surface area contributed by atoms with Crippen molar-refractivity contribution in [3.05, 3.63) is 15.5 Å². The summed E-state index contributed by atoms with van der Waals surface area (Å²) in [5.74, 6) is 1.18. The molecule has 0 saturated carbocycles. The highest BCUT2D eigenvalue weighted by Gasteiger charge is 2.13. The normalized spacial score (nSPS) is 18.5. The Morgan fingerprint density at radius 1 is 1.36 bits per heavy atom. The van der Waals surface area contributed by atoms with Crippen LogP contribution in [-0.2, 0) is 12.8 Å². The molecule has 60 valence electrons. The summed E-state index contributed by atoms with van der Waals surface area (Å²) in [6.07, 6.45) is 4.89. The Morgan fingerprint density at radius 3 is 2.91 bits per heavy atom. The maximum absolute atomic E-state index is 5.51. The molecule has 1 aromatic rings. The van der Waals surface area contributed by atoms with Gasteiger partial charge in [0, 0.05) is 18.3 Å². The van der Waals surface area contributed by atoms with Gasteiger partial charge in [-0.15, -0.1) is 0 Å². The largest absolute Gasteiger partial charge is 0.435 e. The van der Waals surface area contributed by atoms with E-state index < -0.39 is 0 Å². The van der Waals surface area contributed by atoms with E-state index in [2.05, 4.69) is 4.99 Å². The number of aryl methyl sites for hydroxylation is 2. The van der Waals surface area contributed by atoms with Gasteiger partial charge in [0.25, 0.3) is 4.87 Å². The van der Waals surface area contributed by atoms with Crippen molar-refractivity contribution in [1.29, 1.82) is 0 Å². The lowest BCUT2D eigenvalue weighted by atomic mass is 10.0. The van der Waals surface area contributed by atoms with Crippen LogP contribution in [-0.4, -0.2) is 7.05 Å². The lowest BCUT2D eigenvalue weighted by molar-refractivity contribution is 0.446.